The van der Waals surface area contributed by atoms with Crippen molar-refractivity contribution in [1.29, 1.82) is 0 Å². The summed E-state index contributed by atoms with van der Waals surface area (Å²) < 4.78 is 60.8. The van der Waals surface area contributed by atoms with Gasteiger partial charge in [-0.15, -0.1) is 0 Å². The third-order valence-electron chi connectivity index (χ3n) is 3.84. The summed E-state index contributed by atoms with van der Waals surface area (Å²) in [5, 5.41) is 0. The van der Waals surface area contributed by atoms with Crippen LogP contribution < -0.4 is 4.72 Å². The fourth-order valence-electron chi connectivity index (χ4n) is 2.90. The minimum atomic E-state index is -4.49. The second kappa shape index (κ2) is 6.72. The van der Waals surface area contributed by atoms with E-state index in [2.05, 4.69) is 6.92 Å². The third kappa shape index (κ3) is 6.41. The number of hydrogen-bond acceptors (Lipinski definition) is 2. The molecule has 0 aromatic carbocycles. The van der Waals surface area contributed by atoms with Gasteiger partial charge in [0.05, 0.1) is 0 Å². The molecule has 0 spiro atoms. The Labute approximate surface area is 113 Å². The molecule has 0 amide bonds. The van der Waals surface area contributed by atoms with Crippen LogP contribution in [0.25, 0.3) is 0 Å². The van der Waals surface area contributed by atoms with Crippen LogP contribution in [0.3, 0.4) is 0 Å². The molecule has 19 heavy (non-hydrogen) atoms. The molecule has 1 fully saturated rings. The summed E-state index contributed by atoms with van der Waals surface area (Å²) in [4.78, 5) is 0. The van der Waals surface area contributed by atoms with Gasteiger partial charge in [0.15, 0.2) is 0 Å². The molecule has 8 heteroatoms. The summed E-state index contributed by atoms with van der Waals surface area (Å²) in [6, 6.07) is 0. The maximum absolute atomic E-state index is 12.0. The van der Waals surface area contributed by atoms with Crippen molar-refractivity contribution in [2.75, 3.05) is 36.9 Å². The van der Waals surface area contributed by atoms with Crippen molar-refractivity contribution in [3.63, 3.8) is 0 Å². The number of rotatable bonds is 7. The quantitative estimate of drug-likeness (QED) is 0.732. The van der Waals surface area contributed by atoms with Gasteiger partial charge in [-0.3, -0.25) is 0 Å². The van der Waals surface area contributed by atoms with Crippen molar-refractivity contribution in [2.45, 2.75) is 32.4 Å². The first-order valence-corrected chi connectivity index (χ1v) is 11.2. The Morgan fingerprint density at radius 3 is 2.21 bits per heavy atom. The van der Waals surface area contributed by atoms with Crippen LogP contribution >= 0.6 is 7.26 Å². The molecule has 0 unspecified atom stereocenters. The second-order valence-electron chi connectivity index (χ2n) is 5.46. The van der Waals surface area contributed by atoms with Gasteiger partial charge in [-0.1, -0.05) is 0 Å². The molecular formula is C11H23F3NO2PS. The van der Waals surface area contributed by atoms with E-state index >= 15 is 0 Å². The Hall–Kier alpha value is 0.130. The van der Waals surface area contributed by atoms with E-state index in [-0.39, 0.29) is 5.75 Å². The third-order valence-corrected chi connectivity index (χ3v) is 11.2. The monoisotopic (exact) mass is 321 g/mol. The zero-order chi connectivity index (χ0) is 14.6. The Morgan fingerprint density at radius 2 is 1.74 bits per heavy atom. The summed E-state index contributed by atoms with van der Waals surface area (Å²) in [7, 11) is -5.31. The van der Waals surface area contributed by atoms with Gasteiger partial charge >= 0.3 is 113 Å². The summed E-state index contributed by atoms with van der Waals surface area (Å²) in [5.41, 5.74) is 0. The van der Waals surface area contributed by atoms with Crippen LogP contribution in [0.5, 0.6) is 0 Å². The van der Waals surface area contributed by atoms with Gasteiger partial charge < -0.3 is 0 Å². The molecule has 3 nitrogen and oxygen atoms in total. The van der Waals surface area contributed by atoms with E-state index < -0.39 is 30.0 Å². The SMILES string of the molecule is CCC[PH]1(CCS(=O)(=O)NCC(F)(F)F)CCCC1. The van der Waals surface area contributed by atoms with Crippen LogP contribution in [-0.4, -0.2) is 51.5 Å². The molecule has 0 bridgehead atoms. The topological polar surface area (TPSA) is 46.2 Å². The molecule has 0 saturated carbocycles. The number of halogens is 3. The molecule has 1 aliphatic rings. The van der Waals surface area contributed by atoms with Gasteiger partial charge in [0.2, 0.25) is 0 Å². The molecule has 1 saturated heterocycles. The Kier molecular flexibility index (Phi) is 6.08. The standard InChI is InChI=1S/C11H23F3NO2PS/c1-2-5-18(6-3-4-7-18)8-9-19(16,17)15-10-11(12,13)14/h15,18H,2-10H2,1H3. The van der Waals surface area contributed by atoms with Crippen molar-refractivity contribution < 1.29 is 21.6 Å². The van der Waals surface area contributed by atoms with Crippen molar-refractivity contribution in [2.24, 2.45) is 0 Å². The first-order valence-electron chi connectivity index (χ1n) is 6.72. The average Bonchev–Trinajstić information content (AvgIpc) is 2.73. The molecule has 1 rings (SSSR count). The van der Waals surface area contributed by atoms with Crippen LogP contribution in [0.1, 0.15) is 26.2 Å². The molecule has 116 valence electrons. The number of sulfonamides is 1. The van der Waals surface area contributed by atoms with E-state index in [1.807, 2.05) is 0 Å². The number of alkyl halides is 3. The van der Waals surface area contributed by atoms with Gasteiger partial charge in [0, 0.05) is 0 Å². The van der Waals surface area contributed by atoms with Gasteiger partial charge in [-0.05, 0) is 0 Å². The summed E-state index contributed by atoms with van der Waals surface area (Å²) in [6.45, 7) is 0.626. The van der Waals surface area contributed by atoms with Crippen LogP contribution in [0.4, 0.5) is 13.2 Å². The van der Waals surface area contributed by atoms with E-state index in [0.29, 0.717) is 6.16 Å². The van der Waals surface area contributed by atoms with Crippen LogP contribution in [0.2, 0.25) is 0 Å². The van der Waals surface area contributed by atoms with Crippen molar-refractivity contribution in [3.05, 3.63) is 0 Å². The second-order valence-corrected chi connectivity index (χ2v) is 12.4. The minimum absolute atomic E-state index is 0.144. The Morgan fingerprint density at radius 1 is 1.16 bits per heavy atom. The number of hydrogen-bond donors (Lipinski definition) is 1. The first kappa shape index (κ1) is 17.2. The van der Waals surface area contributed by atoms with E-state index in [9.17, 15) is 21.6 Å². The van der Waals surface area contributed by atoms with Crippen LogP contribution in [0.15, 0.2) is 0 Å². The maximum atomic E-state index is 12.0. The van der Waals surface area contributed by atoms with E-state index in [4.69, 9.17) is 0 Å². The molecule has 0 aromatic heterocycles. The molecule has 0 aromatic rings. The van der Waals surface area contributed by atoms with Gasteiger partial charge in [-0.25, -0.2) is 0 Å². The summed E-state index contributed by atoms with van der Waals surface area (Å²) in [5.74, 6) is -0.144. The molecule has 1 heterocycles. The molecular weight excluding hydrogens is 298 g/mol. The van der Waals surface area contributed by atoms with Crippen LogP contribution in [-0.2, 0) is 10.0 Å². The summed E-state index contributed by atoms with van der Waals surface area (Å²) in [6.07, 6.45) is 2.84. The van der Waals surface area contributed by atoms with Gasteiger partial charge in [-0.2, -0.15) is 0 Å². The molecule has 1 N–H and O–H groups in total. The van der Waals surface area contributed by atoms with E-state index in [0.717, 1.165) is 37.7 Å². The zero-order valence-electron chi connectivity index (χ0n) is 11.2. The van der Waals surface area contributed by atoms with Crippen molar-refractivity contribution in [1.82, 2.24) is 4.72 Å². The van der Waals surface area contributed by atoms with Gasteiger partial charge in [0.1, 0.15) is 0 Å². The fourth-order valence-corrected chi connectivity index (χ4v) is 10.8. The fraction of sp³-hybridized carbons (Fsp3) is 1.00. The van der Waals surface area contributed by atoms with Crippen LogP contribution in [0, 0.1) is 0 Å². The van der Waals surface area contributed by atoms with Crippen molar-refractivity contribution in [3.8, 4) is 0 Å². The van der Waals surface area contributed by atoms with E-state index in [1.54, 1.807) is 4.72 Å². The molecule has 0 aliphatic carbocycles. The summed E-state index contributed by atoms with van der Waals surface area (Å²) >= 11 is 0. The number of nitrogens with one attached hydrogen (secondary N) is 1. The first-order chi connectivity index (χ1) is 8.68. The zero-order valence-corrected chi connectivity index (χ0v) is 13.0. The predicted octanol–water partition coefficient (Wildman–Crippen LogP) is 2.42. The Balaban J connectivity index is 2.49. The molecule has 1 aliphatic heterocycles. The van der Waals surface area contributed by atoms with Gasteiger partial charge in [0.25, 0.3) is 0 Å². The predicted molar refractivity (Wildman–Crippen MR) is 75.2 cm³/mol. The molecule has 0 radical (unpaired) electrons. The average molecular weight is 321 g/mol. The normalized spacial score (nSPS) is 21.5. The van der Waals surface area contributed by atoms with E-state index in [1.165, 1.54) is 0 Å². The van der Waals surface area contributed by atoms with Crippen molar-refractivity contribution >= 4 is 17.3 Å². The molecule has 0 atom stereocenters. The Bertz CT molecular complexity index is 378.